The van der Waals surface area contributed by atoms with E-state index in [4.69, 9.17) is 26.1 Å². The summed E-state index contributed by atoms with van der Waals surface area (Å²) in [6.07, 6.45) is 2.30. The van der Waals surface area contributed by atoms with Crippen molar-refractivity contribution >= 4 is 46.4 Å². The van der Waals surface area contributed by atoms with Crippen LogP contribution in [0.3, 0.4) is 0 Å². The summed E-state index contributed by atoms with van der Waals surface area (Å²) in [6.45, 7) is 9.79. The first-order valence-corrected chi connectivity index (χ1v) is 13.1. The lowest BCUT2D eigenvalue weighted by Crippen LogP contribution is -2.65. The molecule has 0 unspecified atom stereocenters. The zero-order valence-electron chi connectivity index (χ0n) is 22.7. The van der Waals surface area contributed by atoms with Gasteiger partial charge in [-0.15, -0.1) is 0 Å². The Morgan fingerprint density at radius 3 is 2.30 bits per heavy atom. The zero-order chi connectivity index (χ0) is 29.0. The number of hydrogen-bond donors (Lipinski definition) is 1. The number of pyridine rings is 1. The van der Waals surface area contributed by atoms with Gasteiger partial charge in [0, 0.05) is 47.7 Å². The Morgan fingerprint density at radius 1 is 1.05 bits per heavy atom. The van der Waals surface area contributed by atoms with Crippen LogP contribution >= 0.6 is 11.6 Å². The Morgan fingerprint density at radius 2 is 1.70 bits per heavy atom. The molecule has 0 bridgehead atoms. The summed E-state index contributed by atoms with van der Waals surface area (Å²) in [5.74, 6) is -1.84. The van der Waals surface area contributed by atoms with Gasteiger partial charge in [-0.2, -0.15) is 0 Å². The van der Waals surface area contributed by atoms with Crippen molar-refractivity contribution in [3.63, 3.8) is 0 Å². The molecule has 10 nitrogen and oxygen atoms in total. The van der Waals surface area contributed by atoms with Crippen LogP contribution in [0.1, 0.15) is 61.1 Å². The number of rotatable bonds is 4. The number of carboxylic acids is 1. The second kappa shape index (κ2) is 9.71. The highest BCUT2D eigenvalue weighted by Crippen LogP contribution is 2.36. The fraction of sp³-hybridized carbons (Fsp3) is 0.310. The lowest BCUT2D eigenvalue weighted by atomic mass is 9.86. The minimum atomic E-state index is -1.25. The quantitative estimate of drug-likeness (QED) is 0.360. The lowest BCUT2D eigenvalue weighted by molar-refractivity contribution is -0.130. The number of piperazine rings is 1. The SMILES string of the molecule is CC(C)(C)c1cc(-c2ccc(Cl)cc2)nc2cc(C(=O)N3CCN(c4ncc(C(=O)O)cn4)C(=O)C3(C)C)oc12. The molecule has 0 atom stereocenters. The molecule has 4 aromatic rings. The normalized spacial score (nSPS) is 15.5. The van der Waals surface area contributed by atoms with Gasteiger partial charge in [0.15, 0.2) is 11.3 Å². The molecule has 0 spiro atoms. The molecule has 1 saturated heterocycles. The molecule has 3 aromatic heterocycles. The highest BCUT2D eigenvalue weighted by molar-refractivity contribution is 6.30. The molecule has 1 aliphatic heterocycles. The molecule has 4 heterocycles. The third kappa shape index (κ3) is 4.79. The predicted molar refractivity (Wildman–Crippen MR) is 150 cm³/mol. The second-order valence-corrected chi connectivity index (χ2v) is 11.6. The number of aromatic carboxylic acids is 1. The van der Waals surface area contributed by atoms with Gasteiger partial charge in [-0.25, -0.2) is 19.7 Å². The van der Waals surface area contributed by atoms with Crippen LogP contribution in [0.15, 0.2) is 53.2 Å². The van der Waals surface area contributed by atoms with Crippen molar-refractivity contribution < 1.29 is 23.9 Å². The van der Waals surface area contributed by atoms with Crippen LogP contribution in [0, 0.1) is 0 Å². The predicted octanol–water partition coefficient (Wildman–Crippen LogP) is 5.20. The van der Waals surface area contributed by atoms with Crippen LogP contribution in [-0.4, -0.2) is 61.4 Å². The number of carbonyl (C=O) groups is 3. The summed E-state index contributed by atoms with van der Waals surface area (Å²) >= 11 is 6.07. The minimum absolute atomic E-state index is 0.0765. The van der Waals surface area contributed by atoms with Gasteiger partial charge < -0.3 is 14.4 Å². The first-order chi connectivity index (χ1) is 18.8. The number of aromatic nitrogens is 3. The van der Waals surface area contributed by atoms with Crippen LogP contribution in [0.25, 0.3) is 22.4 Å². The average Bonchev–Trinajstić information content (AvgIpc) is 3.33. The van der Waals surface area contributed by atoms with Gasteiger partial charge in [-0.1, -0.05) is 44.5 Å². The summed E-state index contributed by atoms with van der Waals surface area (Å²) in [7, 11) is 0. The molecule has 206 valence electrons. The van der Waals surface area contributed by atoms with Gasteiger partial charge in [-0.05, 0) is 37.5 Å². The monoisotopic (exact) mass is 561 g/mol. The van der Waals surface area contributed by atoms with E-state index in [9.17, 15) is 14.4 Å². The molecule has 1 fully saturated rings. The van der Waals surface area contributed by atoms with Crippen LogP contribution in [0.4, 0.5) is 5.95 Å². The molecular weight excluding hydrogens is 534 g/mol. The van der Waals surface area contributed by atoms with Crippen molar-refractivity contribution in [2.24, 2.45) is 0 Å². The molecule has 1 aromatic carbocycles. The van der Waals surface area contributed by atoms with Gasteiger partial charge in [0.25, 0.3) is 11.8 Å². The number of benzene rings is 1. The first-order valence-electron chi connectivity index (χ1n) is 12.7. The van der Waals surface area contributed by atoms with Crippen molar-refractivity contribution in [1.29, 1.82) is 0 Å². The van der Waals surface area contributed by atoms with Gasteiger partial charge >= 0.3 is 5.97 Å². The van der Waals surface area contributed by atoms with E-state index in [2.05, 4.69) is 30.7 Å². The van der Waals surface area contributed by atoms with E-state index in [-0.39, 0.29) is 35.8 Å². The fourth-order valence-corrected chi connectivity index (χ4v) is 4.86. The second-order valence-electron chi connectivity index (χ2n) is 11.2. The molecule has 0 saturated carbocycles. The summed E-state index contributed by atoms with van der Waals surface area (Å²) in [5.41, 5.74) is 1.91. The van der Waals surface area contributed by atoms with Crippen molar-refractivity contribution in [3.8, 4) is 11.3 Å². The molecule has 1 aliphatic rings. The topological polar surface area (TPSA) is 130 Å². The summed E-state index contributed by atoms with van der Waals surface area (Å²) in [6, 6.07) is 11.0. The summed E-state index contributed by atoms with van der Waals surface area (Å²) in [5, 5.41) is 9.72. The fourth-order valence-electron chi connectivity index (χ4n) is 4.73. The number of anilines is 1. The van der Waals surface area contributed by atoms with Gasteiger partial charge in [0.2, 0.25) is 5.95 Å². The van der Waals surface area contributed by atoms with Crippen LogP contribution in [0.2, 0.25) is 5.02 Å². The number of fused-ring (bicyclic) bond motifs is 1. The Hall–Kier alpha value is -4.31. The Bertz CT molecular complexity index is 1640. The third-order valence-electron chi connectivity index (χ3n) is 7.00. The first kappa shape index (κ1) is 27.3. The average molecular weight is 562 g/mol. The molecule has 5 rings (SSSR count). The van der Waals surface area contributed by atoms with Crippen molar-refractivity contribution in [1.82, 2.24) is 19.9 Å². The van der Waals surface area contributed by atoms with Gasteiger partial charge in [0.1, 0.15) is 11.1 Å². The van der Waals surface area contributed by atoms with Crippen molar-refractivity contribution in [3.05, 3.63) is 70.7 Å². The molecule has 40 heavy (non-hydrogen) atoms. The van der Waals surface area contributed by atoms with Crippen molar-refractivity contribution in [2.75, 3.05) is 18.0 Å². The highest BCUT2D eigenvalue weighted by Gasteiger charge is 2.46. The van der Waals surface area contributed by atoms with E-state index in [1.165, 1.54) is 9.80 Å². The Balaban J connectivity index is 1.48. The molecule has 0 radical (unpaired) electrons. The van der Waals surface area contributed by atoms with Gasteiger partial charge in [0.05, 0.1) is 11.3 Å². The number of halogens is 1. The number of furan rings is 1. The maximum Gasteiger partial charge on any atom is 0.338 e. The molecular formula is C29H28ClN5O5. The molecule has 1 N–H and O–H groups in total. The van der Waals surface area contributed by atoms with E-state index in [0.29, 0.717) is 16.1 Å². The van der Waals surface area contributed by atoms with E-state index < -0.39 is 23.3 Å². The minimum Gasteiger partial charge on any atom is -0.478 e. The number of carboxylic acid groups (broad SMARTS) is 1. The Kier molecular flexibility index (Phi) is 6.62. The smallest absolute Gasteiger partial charge is 0.338 e. The third-order valence-corrected chi connectivity index (χ3v) is 7.25. The molecule has 0 aliphatic carbocycles. The zero-order valence-corrected chi connectivity index (χ0v) is 23.5. The summed E-state index contributed by atoms with van der Waals surface area (Å²) < 4.78 is 6.15. The maximum atomic E-state index is 13.8. The van der Waals surface area contributed by atoms with E-state index in [0.717, 1.165) is 29.2 Å². The van der Waals surface area contributed by atoms with E-state index >= 15 is 0 Å². The molecule has 2 amide bonds. The number of nitrogens with zero attached hydrogens (tertiary/aromatic N) is 5. The largest absolute Gasteiger partial charge is 0.478 e. The number of carbonyl (C=O) groups excluding carboxylic acids is 2. The van der Waals surface area contributed by atoms with Crippen molar-refractivity contribution in [2.45, 2.75) is 45.6 Å². The molecule has 11 heteroatoms. The van der Waals surface area contributed by atoms with E-state index in [1.807, 2.05) is 18.2 Å². The van der Waals surface area contributed by atoms with Gasteiger partial charge in [-0.3, -0.25) is 14.5 Å². The lowest BCUT2D eigenvalue weighted by Gasteiger charge is -2.44. The highest BCUT2D eigenvalue weighted by atomic mass is 35.5. The van der Waals surface area contributed by atoms with Crippen LogP contribution in [0.5, 0.6) is 0 Å². The van der Waals surface area contributed by atoms with Crippen LogP contribution in [-0.2, 0) is 10.2 Å². The number of hydrogen-bond acceptors (Lipinski definition) is 7. The Labute approximate surface area is 235 Å². The number of amides is 2. The summed E-state index contributed by atoms with van der Waals surface area (Å²) in [4.78, 5) is 54.1. The van der Waals surface area contributed by atoms with Crippen LogP contribution < -0.4 is 4.90 Å². The standard InChI is InChI=1S/C29H28ClN5O5/c1-28(2,3)19-12-20(16-6-8-18(30)9-7-16)33-21-13-22(40-23(19)21)24(36)35-11-10-34(26(39)29(35,4)5)27-31-14-17(15-32-27)25(37)38/h6-9,12-15H,10-11H2,1-5H3,(H,37,38). The van der Waals surface area contributed by atoms with E-state index in [1.54, 1.807) is 32.0 Å². The maximum absolute atomic E-state index is 13.8.